The average Bonchev–Trinajstić information content (AvgIpc) is 2.44. The number of nitrogens with one attached hydrogen (secondary N) is 1. The normalized spacial score (nSPS) is 10.6. The van der Waals surface area contributed by atoms with Gasteiger partial charge in [-0.3, -0.25) is 0 Å². The van der Waals surface area contributed by atoms with Gasteiger partial charge in [0.05, 0.1) is 11.6 Å². The highest BCUT2D eigenvalue weighted by atomic mass is 35.5. The lowest BCUT2D eigenvalue weighted by Gasteiger charge is -2.08. The number of benzene rings is 2. The topological polar surface area (TPSA) is 52.5 Å². The van der Waals surface area contributed by atoms with Gasteiger partial charge >= 0.3 is 0 Å². The summed E-state index contributed by atoms with van der Waals surface area (Å²) >= 11 is 5.84. The van der Waals surface area contributed by atoms with E-state index in [9.17, 15) is 5.11 Å². The highest BCUT2D eigenvalue weighted by Gasteiger charge is 2.04. The van der Waals surface area contributed by atoms with Gasteiger partial charge in [0.15, 0.2) is 0 Å². The SMILES string of the molecule is OCc1cccc(CNCc2cccc(Cl)c2O)c1. The lowest BCUT2D eigenvalue weighted by atomic mass is 10.1. The fourth-order valence-electron chi connectivity index (χ4n) is 1.88. The molecule has 0 aromatic heterocycles. The second-order valence-corrected chi connectivity index (χ2v) is 4.74. The number of hydrogen-bond acceptors (Lipinski definition) is 3. The van der Waals surface area contributed by atoms with Crippen molar-refractivity contribution in [2.75, 3.05) is 0 Å². The van der Waals surface area contributed by atoms with Gasteiger partial charge < -0.3 is 15.5 Å². The molecule has 0 atom stereocenters. The molecule has 0 radical (unpaired) electrons. The molecule has 0 unspecified atom stereocenters. The molecular weight excluding hydrogens is 262 g/mol. The van der Waals surface area contributed by atoms with E-state index in [0.717, 1.165) is 16.7 Å². The van der Waals surface area contributed by atoms with Crippen molar-refractivity contribution in [1.82, 2.24) is 5.32 Å². The Kier molecular flexibility index (Phi) is 4.80. The minimum atomic E-state index is 0.0446. The number of phenols is 1. The first-order chi connectivity index (χ1) is 9.20. The minimum absolute atomic E-state index is 0.0446. The van der Waals surface area contributed by atoms with E-state index in [1.54, 1.807) is 6.07 Å². The van der Waals surface area contributed by atoms with E-state index in [2.05, 4.69) is 5.32 Å². The first-order valence-electron chi connectivity index (χ1n) is 6.06. The standard InChI is InChI=1S/C15H16ClNO2/c16-14-6-2-5-13(15(14)19)9-17-8-11-3-1-4-12(7-11)10-18/h1-7,17-19H,8-10H2. The zero-order valence-corrected chi connectivity index (χ0v) is 11.2. The van der Waals surface area contributed by atoms with Gasteiger partial charge in [-0.1, -0.05) is 48.0 Å². The first kappa shape index (κ1) is 13.9. The molecular formula is C15H16ClNO2. The molecule has 0 aliphatic carbocycles. The first-order valence-corrected chi connectivity index (χ1v) is 6.44. The van der Waals surface area contributed by atoms with Crippen molar-refractivity contribution in [3.8, 4) is 5.75 Å². The lowest BCUT2D eigenvalue weighted by molar-refractivity contribution is 0.281. The summed E-state index contributed by atoms with van der Waals surface area (Å²) in [6, 6.07) is 13.0. The number of aliphatic hydroxyl groups excluding tert-OH is 1. The van der Waals surface area contributed by atoms with E-state index in [-0.39, 0.29) is 12.4 Å². The van der Waals surface area contributed by atoms with Gasteiger partial charge in [0, 0.05) is 18.7 Å². The maximum absolute atomic E-state index is 9.77. The van der Waals surface area contributed by atoms with Crippen LogP contribution in [0, 0.1) is 0 Å². The van der Waals surface area contributed by atoms with E-state index in [1.807, 2.05) is 36.4 Å². The summed E-state index contributed by atoms with van der Waals surface area (Å²) < 4.78 is 0. The van der Waals surface area contributed by atoms with E-state index in [0.29, 0.717) is 18.1 Å². The van der Waals surface area contributed by atoms with Gasteiger partial charge in [0.1, 0.15) is 5.75 Å². The van der Waals surface area contributed by atoms with Gasteiger partial charge in [0.2, 0.25) is 0 Å². The fraction of sp³-hybridized carbons (Fsp3) is 0.200. The number of rotatable bonds is 5. The number of aliphatic hydroxyl groups is 1. The van der Waals surface area contributed by atoms with E-state index < -0.39 is 0 Å². The van der Waals surface area contributed by atoms with E-state index >= 15 is 0 Å². The highest BCUT2D eigenvalue weighted by molar-refractivity contribution is 6.32. The van der Waals surface area contributed by atoms with Crippen LogP contribution in [0.1, 0.15) is 16.7 Å². The Morgan fingerprint density at radius 3 is 2.53 bits per heavy atom. The zero-order chi connectivity index (χ0) is 13.7. The predicted molar refractivity (Wildman–Crippen MR) is 76.0 cm³/mol. The second-order valence-electron chi connectivity index (χ2n) is 4.33. The van der Waals surface area contributed by atoms with Crippen LogP contribution in [-0.2, 0) is 19.7 Å². The largest absolute Gasteiger partial charge is 0.506 e. The maximum Gasteiger partial charge on any atom is 0.138 e. The average molecular weight is 278 g/mol. The molecule has 0 saturated heterocycles. The van der Waals surface area contributed by atoms with Crippen LogP contribution < -0.4 is 5.32 Å². The van der Waals surface area contributed by atoms with Crippen LogP contribution in [0.4, 0.5) is 0 Å². The summed E-state index contributed by atoms with van der Waals surface area (Å²) in [5.41, 5.74) is 2.75. The molecule has 3 N–H and O–H groups in total. The molecule has 2 aromatic rings. The molecule has 100 valence electrons. The Balaban J connectivity index is 1.94. The summed E-state index contributed by atoms with van der Waals surface area (Å²) in [7, 11) is 0. The Labute approximate surface area is 117 Å². The summed E-state index contributed by atoms with van der Waals surface area (Å²) in [6.45, 7) is 1.25. The van der Waals surface area contributed by atoms with Crippen LogP contribution in [0.15, 0.2) is 42.5 Å². The quantitative estimate of drug-likeness (QED) is 0.788. The molecule has 2 rings (SSSR count). The van der Waals surface area contributed by atoms with Crippen molar-refractivity contribution in [3.63, 3.8) is 0 Å². The van der Waals surface area contributed by atoms with Gasteiger partial charge in [-0.25, -0.2) is 0 Å². The van der Waals surface area contributed by atoms with Crippen LogP contribution in [-0.4, -0.2) is 10.2 Å². The van der Waals surface area contributed by atoms with E-state index in [1.165, 1.54) is 0 Å². The van der Waals surface area contributed by atoms with Gasteiger partial charge in [-0.2, -0.15) is 0 Å². The third-order valence-corrected chi connectivity index (χ3v) is 3.19. The summed E-state index contributed by atoms with van der Waals surface area (Å²) in [5.74, 6) is 0.126. The molecule has 19 heavy (non-hydrogen) atoms. The van der Waals surface area contributed by atoms with Crippen molar-refractivity contribution in [1.29, 1.82) is 0 Å². The van der Waals surface area contributed by atoms with Gasteiger partial charge in [-0.05, 0) is 17.2 Å². The van der Waals surface area contributed by atoms with Crippen molar-refractivity contribution >= 4 is 11.6 Å². The van der Waals surface area contributed by atoms with Crippen LogP contribution in [0.5, 0.6) is 5.75 Å². The zero-order valence-electron chi connectivity index (χ0n) is 10.4. The van der Waals surface area contributed by atoms with Crippen molar-refractivity contribution in [2.45, 2.75) is 19.7 Å². The van der Waals surface area contributed by atoms with E-state index in [4.69, 9.17) is 16.7 Å². The number of phenolic OH excluding ortho intramolecular Hbond substituents is 1. The molecule has 2 aromatic carbocycles. The molecule has 4 heteroatoms. The third-order valence-electron chi connectivity index (χ3n) is 2.89. The summed E-state index contributed by atoms with van der Waals surface area (Å²) in [4.78, 5) is 0. The Morgan fingerprint density at radius 2 is 1.74 bits per heavy atom. The van der Waals surface area contributed by atoms with Crippen LogP contribution in [0.3, 0.4) is 0 Å². The Morgan fingerprint density at radius 1 is 1.00 bits per heavy atom. The van der Waals surface area contributed by atoms with Crippen LogP contribution in [0.25, 0.3) is 0 Å². The Hall–Kier alpha value is -1.55. The molecule has 0 amide bonds. The lowest BCUT2D eigenvalue weighted by Crippen LogP contribution is -2.13. The molecule has 0 saturated carbocycles. The fourth-order valence-corrected chi connectivity index (χ4v) is 2.08. The number of halogens is 1. The van der Waals surface area contributed by atoms with Gasteiger partial charge in [-0.15, -0.1) is 0 Å². The van der Waals surface area contributed by atoms with Crippen LogP contribution in [0.2, 0.25) is 5.02 Å². The number of para-hydroxylation sites is 1. The number of hydrogen-bond donors (Lipinski definition) is 3. The molecule has 0 aliphatic rings. The van der Waals surface area contributed by atoms with Gasteiger partial charge in [0.25, 0.3) is 0 Å². The van der Waals surface area contributed by atoms with Crippen molar-refractivity contribution in [2.24, 2.45) is 0 Å². The molecule has 0 spiro atoms. The molecule has 0 aliphatic heterocycles. The number of aromatic hydroxyl groups is 1. The van der Waals surface area contributed by atoms with Crippen LogP contribution >= 0.6 is 11.6 Å². The predicted octanol–water partition coefficient (Wildman–Crippen LogP) is 2.83. The molecule has 0 heterocycles. The Bertz CT molecular complexity index is 558. The van der Waals surface area contributed by atoms with Crippen molar-refractivity contribution < 1.29 is 10.2 Å². The summed E-state index contributed by atoms with van der Waals surface area (Å²) in [5, 5.41) is 22.4. The highest BCUT2D eigenvalue weighted by Crippen LogP contribution is 2.26. The molecule has 0 bridgehead atoms. The monoisotopic (exact) mass is 277 g/mol. The smallest absolute Gasteiger partial charge is 0.138 e. The third kappa shape index (κ3) is 3.70. The van der Waals surface area contributed by atoms with Crippen molar-refractivity contribution in [3.05, 3.63) is 64.2 Å². The maximum atomic E-state index is 9.77. The molecule has 3 nitrogen and oxygen atoms in total. The minimum Gasteiger partial charge on any atom is -0.506 e. The molecule has 0 fully saturated rings. The summed E-state index contributed by atoms with van der Waals surface area (Å²) in [6.07, 6.45) is 0. The second kappa shape index (κ2) is 6.57.